The van der Waals surface area contributed by atoms with E-state index in [-0.39, 0.29) is 23.7 Å². The Morgan fingerprint density at radius 1 is 1.19 bits per heavy atom. The second-order valence-electron chi connectivity index (χ2n) is 7.54. The quantitative estimate of drug-likeness (QED) is 0.526. The molecular weight excluding hydrogens is 402 g/mol. The smallest absolute Gasteiger partial charge is 0.332 e. The van der Waals surface area contributed by atoms with Crippen molar-refractivity contribution in [2.24, 2.45) is 14.1 Å². The minimum absolute atomic E-state index is 0.147. The maximum atomic E-state index is 12.5. The van der Waals surface area contributed by atoms with E-state index in [1.54, 1.807) is 7.11 Å². The average Bonchev–Trinajstić information content (AvgIpc) is 3.31. The van der Waals surface area contributed by atoms with Crippen LogP contribution in [0.1, 0.15) is 23.5 Å². The lowest BCUT2D eigenvalue weighted by molar-refractivity contribution is -0.125. The van der Waals surface area contributed by atoms with Gasteiger partial charge in [0, 0.05) is 44.2 Å². The zero-order valence-corrected chi connectivity index (χ0v) is 17.4. The minimum Gasteiger partial charge on any atom is -0.497 e. The number of rotatable bonds is 6. The van der Waals surface area contributed by atoms with Gasteiger partial charge in [-0.05, 0) is 30.2 Å². The van der Waals surface area contributed by atoms with Crippen molar-refractivity contribution in [1.29, 1.82) is 0 Å². The van der Waals surface area contributed by atoms with E-state index in [0.29, 0.717) is 13.0 Å². The molecule has 1 aliphatic heterocycles. The largest absolute Gasteiger partial charge is 0.497 e. The number of ether oxygens (including phenoxy) is 1. The molecule has 162 valence electrons. The fourth-order valence-corrected chi connectivity index (χ4v) is 3.95. The third-order valence-corrected chi connectivity index (χ3v) is 5.69. The summed E-state index contributed by atoms with van der Waals surface area (Å²) in [6, 6.07) is 5.73. The molecule has 3 heterocycles. The number of carbonyl (C=O) groups is 2. The van der Waals surface area contributed by atoms with Crippen molar-refractivity contribution in [3.05, 3.63) is 56.4 Å². The summed E-state index contributed by atoms with van der Waals surface area (Å²) in [5.41, 5.74) is 1.05. The number of benzene rings is 1. The van der Waals surface area contributed by atoms with Crippen LogP contribution in [0.5, 0.6) is 5.75 Å². The van der Waals surface area contributed by atoms with Crippen LogP contribution in [0, 0.1) is 0 Å². The van der Waals surface area contributed by atoms with E-state index in [0.717, 1.165) is 26.8 Å². The zero-order valence-electron chi connectivity index (χ0n) is 17.4. The number of hydrogen-bond donors (Lipinski definition) is 3. The van der Waals surface area contributed by atoms with Gasteiger partial charge in [0.25, 0.3) is 5.56 Å². The van der Waals surface area contributed by atoms with Crippen LogP contribution in [0.4, 0.5) is 5.82 Å². The summed E-state index contributed by atoms with van der Waals surface area (Å²) in [4.78, 5) is 52.7. The first kappa shape index (κ1) is 20.5. The number of anilines is 1. The Kier molecular flexibility index (Phi) is 5.14. The number of nitrogens with one attached hydrogen (secondary N) is 3. The Morgan fingerprint density at radius 2 is 1.97 bits per heavy atom. The van der Waals surface area contributed by atoms with Crippen molar-refractivity contribution in [3.63, 3.8) is 0 Å². The predicted octanol–water partition coefficient (Wildman–Crippen LogP) is 0.359. The molecule has 2 aromatic heterocycles. The summed E-state index contributed by atoms with van der Waals surface area (Å²) in [6.45, 7) is 0.371. The molecule has 4 rings (SSSR count). The summed E-state index contributed by atoms with van der Waals surface area (Å²) in [6.07, 6.45) is 2.30. The summed E-state index contributed by atoms with van der Waals surface area (Å²) >= 11 is 0. The number of methoxy groups -OCH3 is 1. The third-order valence-electron chi connectivity index (χ3n) is 5.69. The summed E-state index contributed by atoms with van der Waals surface area (Å²) in [5, 5.41) is 6.38. The molecule has 0 unspecified atom stereocenters. The van der Waals surface area contributed by atoms with Crippen molar-refractivity contribution in [2.45, 2.75) is 18.8 Å². The van der Waals surface area contributed by atoms with E-state index in [4.69, 9.17) is 4.74 Å². The maximum absolute atomic E-state index is 12.5. The van der Waals surface area contributed by atoms with Crippen LogP contribution in [-0.4, -0.2) is 39.6 Å². The van der Waals surface area contributed by atoms with Crippen LogP contribution in [0.15, 0.2) is 34.0 Å². The number of carbonyl (C=O) groups excluding carboxylic acids is 2. The highest BCUT2D eigenvalue weighted by atomic mass is 16.5. The molecule has 31 heavy (non-hydrogen) atoms. The molecule has 0 aliphatic carbocycles. The SMILES string of the molecule is COc1ccc2[nH]cc(CCNC(=O)C[C@@H]3C(=O)Nc4c3c(=O)n(C)c(=O)n4C)c2c1. The van der Waals surface area contributed by atoms with Crippen LogP contribution in [0.25, 0.3) is 10.9 Å². The fraction of sp³-hybridized carbons (Fsp3) is 0.333. The lowest BCUT2D eigenvalue weighted by Crippen LogP contribution is -2.39. The number of fused-ring (bicyclic) bond motifs is 2. The van der Waals surface area contributed by atoms with E-state index in [1.807, 2.05) is 24.4 Å². The first-order valence-corrected chi connectivity index (χ1v) is 9.83. The topological polar surface area (TPSA) is 127 Å². The summed E-state index contributed by atoms with van der Waals surface area (Å²) in [7, 11) is 4.43. The number of aromatic amines is 1. The predicted molar refractivity (Wildman–Crippen MR) is 114 cm³/mol. The van der Waals surface area contributed by atoms with E-state index in [2.05, 4.69) is 15.6 Å². The monoisotopic (exact) mass is 425 g/mol. The second kappa shape index (κ2) is 7.78. The van der Waals surface area contributed by atoms with Crippen molar-refractivity contribution in [2.75, 3.05) is 19.0 Å². The molecule has 3 N–H and O–H groups in total. The zero-order chi connectivity index (χ0) is 22.3. The number of nitrogens with zero attached hydrogens (tertiary/aromatic N) is 2. The van der Waals surface area contributed by atoms with Gasteiger partial charge >= 0.3 is 5.69 Å². The molecule has 0 saturated carbocycles. The normalized spacial score (nSPS) is 15.1. The minimum atomic E-state index is -0.933. The fourth-order valence-electron chi connectivity index (χ4n) is 3.95. The Hall–Kier alpha value is -3.82. The lowest BCUT2D eigenvalue weighted by atomic mass is 9.99. The first-order chi connectivity index (χ1) is 14.8. The van der Waals surface area contributed by atoms with E-state index >= 15 is 0 Å². The van der Waals surface area contributed by atoms with Crippen LogP contribution < -0.4 is 26.6 Å². The standard InChI is InChI=1S/C21H23N5O5/c1-25-18-17(20(29)26(2)21(25)30)14(19(28)24-18)9-16(27)22-7-6-11-10-23-15-5-4-12(31-3)8-13(11)15/h4-5,8,10,14,23H,6-7,9H2,1-3H3,(H,22,27)(H,24,28)/t14-/m0/s1. The molecule has 0 bridgehead atoms. The van der Waals surface area contributed by atoms with Crippen LogP contribution in [0.3, 0.4) is 0 Å². The lowest BCUT2D eigenvalue weighted by Gasteiger charge is -2.11. The van der Waals surface area contributed by atoms with E-state index < -0.39 is 23.1 Å². The maximum Gasteiger partial charge on any atom is 0.332 e. The molecule has 10 heteroatoms. The Morgan fingerprint density at radius 3 is 2.71 bits per heavy atom. The van der Waals surface area contributed by atoms with Gasteiger partial charge in [-0.1, -0.05) is 0 Å². The number of aromatic nitrogens is 3. The second-order valence-corrected chi connectivity index (χ2v) is 7.54. The number of hydrogen-bond acceptors (Lipinski definition) is 5. The van der Waals surface area contributed by atoms with E-state index in [1.165, 1.54) is 18.7 Å². The molecule has 3 aromatic rings. The van der Waals surface area contributed by atoms with Crippen molar-refractivity contribution in [1.82, 2.24) is 19.4 Å². The Bertz CT molecular complexity index is 1320. The molecule has 0 radical (unpaired) electrons. The number of amides is 2. The first-order valence-electron chi connectivity index (χ1n) is 9.83. The molecule has 0 saturated heterocycles. The van der Waals surface area contributed by atoms with Gasteiger partial charge in [-0.3, -0.25) is 23.5 Å². The molecule has 0 spiro atoms. The van der Waals surface area contributed by atoms with E-state index in [9.17, 15) is 19.2 Å². The Labute approximate surface area is 176 Å². The van der Waals surface area contributed by atoms with Gasteiger partial charge in [0.05, 0.1) is 18.6 Å². The molecule has 10 nitrogen and oxygen atoms in total. The molecule has 1 aromatic carbocycles. The van der Waals surface area contributed by atoms with Crippen LogP contribution in [0.2, 0.25) is 0 Å². The highest BCUT2D eigenvalue weighted by Gasteiger charge is 2.37. The van der Waals surface area contributed by atoms with Crippen LogP contribution >= 0.6 is 0 Å². The molecule has 2 amide bonds. The van der Waals surface area contributed by atoms with Gasteiger partial charge in [-0.15, -0.1) is 0 Å². The molecule has 1 atom stereocenters. The van der Waals surface area contributed by atoms with Crippen molar-refractivity contribution in [3.8, 4) is 5.75 Å². The Balaban J connectivity index is 1.45. The summed E-state index contributed by atoms with van der Waals surface area (Å²) < 4.78 is 7.41. The van der Waals surface area contributed by atoms with Gasteiger partial charge in [-0.2, -0.15) is 0 Å². The van der Waals surface area contributed by atoms with Crippen molar-refractivity contribution < 1.29 is 14.3 Å². The molecule has 0 fully saturated rings. The van der Waals surface area contributed by atoms with Gasteiger partial charge < -0.3 is 20.4 Å². The van der Waals surface area contributed by atoms with Crippen LogP contribution in [-0.2, 0) is 30.1 Å². The molecular formula is C21H23N5O5. The van der Waals surface area contributed by atoms with Gasteiger partial charge in [0.1, 0.15) is 11.6 Å². The number of H-pyrrole nitrogens is 1. The highest BCUT2D eigenvalue weighted by molar-refractivity contribution is 6.04. The highest BCUT2D eigenvalue weighted by Crippen LogP contribution is 2.30. The average molecular weight is 425 g/mol. The van der Waals surface area contributed by atoms with Crippen molar-refractivity contribution >= 4 is 28.5 Å². The van der Waals surface area contributed by atoms with Gasteiger partial charge in [0.2, 0.25) is 11.8 Å². The van der Waals surface area contributed by atoms with Gasteiger partial charge in [0.15, 0.2) is 0 Å². The third kappa shape index (κ3) is 3.49. The summed E-state index contributed by atoms with van der Waals surface area (Å²) in [5.74, 6) is -0.839. The van der Waals surface area contributed by atoms with Gasteiger partial charge in [-0.25, -0.2) is 4.79 Å². The molecule has 1 aliphatic rings.